The molecule has 0 aliphatic carbocycles. The van der Waals surface area contributed by atoms with Crippen molar-refractivity contribution in [3.05, 3.63) is 27.8 Å². The number of phenolic OH excluding ortho intramolecular Hbond substituents is 1. The number of carbonyl (C=O) groups is 2. The highest BCUT2D eigenvalue weighted by molar-refractivity contribution is 5.67. The van der Waals surface area contributed by atoms with E-state index in [1.165, 1.54) is 13.8 Å². The van der Waals surface area contributed by atoms with Gasteiger partial charge in [0.05, 0.1) is 0 Å². The van der Waals surface area contributed by atoms with Gasteiger partial charge in [0.1, 0.15) is 19.0 Å². The van der Waals surface area contributed by atoms with E-state index in [4.69, 9.17) is 9.47 Å². The van der Waals surface area contributed by atoms with Crippen molar-refractivity contribution < 1.29 is 24.2 Å². The number of benzene rings is 1. The molecule has 0 atom stereocenters. The summed E-state index contributed by atoms with van der Waals surface area (Å²) in [5.74, 6) is -0.629. The van der Waals surface area contributed by atoms with Crippen LogP contribution in [0.4, 0.5) is 0 Å². The van der Waals surface area contributed by atoms with E-state index in [2.05, 4.69) is 0 Å². The zero-order valence-electron chi connectivity index (χ0n) is 12.5. The zero-order chi connectivity index (χ0) is 15.4. The number of carbonyl (C=O) groups excluding carboxylic acids is 2. The maximum absolute atomic E-state index is 10.9. The molecule has 0 saturated carbocycles. The molecule has 0 heterocycles. The molecule has 0 aromatic heterocycles. The first kappa shape index (κ1) is 16.0. The van der Waals surface area contributed by atoms with Crippen LogP contribution in [0, 0.1) is 20.8 Å². The molecule has 0 saturated heterocycles. The molecule has 1 aromatic carbocycles. The minimum Gasteiger partial charge on any atom is -0.507 e. The van der Waals surface area contributed by atoms with Crippen LogP contribution in [-0.2, 0) is 32.3 Å². The molecule has 0 fully saturated rings. The number of phenols is 1. The van der Waals surface area contributed by atoms with Gasteiger partial charge < -0.3 is 14.6 Å². The van der Waals surface area contributed by atoms with Crippen LogP contribution in [0.3, 0.4) is 0 Å². The Balaban J connectivity index is 3.23. The first-order valence-corrected chi connectivity index (χ1v) is 6.32. The third-order valence-electron chi connectivity index (χ3n) is 3.36. The standard InChI is InChI=1S/C15H20O5/c1-8-13(6-19-11(4)16)9(2)15(18)10(3)14(8)7-20-12(5)17/h18H,6-7H2,1-5H3. The van der Waals surface area contributed by atoms with Crippen molar-refractivity contribution in [3.8, 4) is 5.75 Å². The molecule has 0 spiro atoms. The van der Waals surface area contributed by atoms with Gasteiger partial charge in [-0.2, -0.15) is 0 Å². The lowest BCUT2D eigenvalue weighted by atomic mass is 9.93. The van der Waals surface area contributed by atoms with Gasteiger partial charge in [0, 0.05) is 13.8 Å². The monoisotopic (exact) mass is 280 g/mol. The van der Waals surface area contributed by atoms with E-state index >= 15 is 0 Å². The Labute approximate surface area is 118 Å². The summed E-state index contributed by atoms with van der Waals surface area (Å²) >= 11 is 0. The van der Waals surface area contributed by atoms with Gasteiger partial charge in [0.25, 0.3) is 0 Å². The number of rotatable bonds is 4. The molecule has 20 heavy (non-hydrogen) atoms. The summed E-state index contributed by atoms with van der Waals surface area (Å²) in [6.07, 6.45) is 0. The van der Waals surface area contributed by atoms with E-state index in [9.17, 15) is 14.7 Å². The average molecular weight is 280 g/mol. The Hall–Kier alpha value is -2.04. The van der Waals surface area contributed by atoms with Crippen molar-refractivity contribution in [2.24, 2.45) is 0 Å². The molecule has 1 N–H and O–H groups in total. The summed E-state index contributed by atoms with van der Waals surface area (Å²) in [6, 6.07) is 0. The van der Waals surface area contributed by atoms with Gasteiger partial charge >= 0.3 is 11.9 Å². The number of ether oxygens (including phenoxy) is 2. The predicted molar refractivity (Wildman–Crippen MR) is 73.3 cm³/mol. The van der Waals surface area contributed by atoms with Gasteiger partial charge in [-0.3, -0.25) is 9.59 Å². The van der Waals surface area contributed by atoms with Crippen LogP contribution in [-0.4, -0.2) is 17.0 Å². The van der Waals surface area contributed by atoms with Crippen LogP contribution in [0.15, 0.2) is 0 Å². The first-order chi connectivity index (χ1) is 9.25. The van der Waals surface area contributed by atoms with Crippen molar-refractivity contribution in [1.29, 1.82) is 0 Å². The average Bonchev–Trinajstić information content (AvgIpc) is 2.35. The number of hydrogen-bond acceptors (Lipinski definition) is 5. The fourth-order valence-corrected chi connectivity index (χ4v) is 2.09. The SMILES string of the molecule is CC(=O)OCc1c(C)c(O)c(C)c(COC(C)=O)c1C. The van der Waals surface area contributed by atoms with Crippen LogP contribution < -0.4 is 0 Å². The molecule has 1 aromatic rings. The summed E-state index contributed by atoms with van der Waals surface area (Å²) in [5, 5.41) is 10.1. The topological polar surface area (TPSA) is 72.8 Å². The summed E-state index contributed by atoms with van der Waals surface area (Å²) in [7, 11) is 0. The smallest absolute Gasteiger partial charge is 0.302 e. The van der Waals surface area contributed by atoms with Gasteiger partial charge in [-0.1, -0.05) is 0 Å². The highest BCUT2D eigenvalue weighted by atomic mass is 16.5. The van der Waals surface area contributed by atoms with E-state index < -0.39 is 0 Å². The van der Waals surface area contributed by atoms with Crippen LogP contribution >= 0.6 is 0 Å². The lowest BCUT2D eigenvalue weighted by Gasteiger charge is -2.19. The van der Waals surface area contributed by atoms with E-state index in [0.29, 0.717) is 11.1 Å². The Morgan fingerprint density at radius 3 is 1.50 bits per heavy atom. The van der Waals surface area contributed by atoms with Gasteiger partial charge in [-0.15, -0.1) is 0 Å². The molecule has 1 rings (SSSR count). The summed E-state index contributed by atoms with van der Waals surface area (Å²) in [6.45, 7) is 8.24. The molecule has 5 heteroatoms. The molecule has 110 valence electrons. The molecule has 0 bridgehead atoms. The third kappa shape index (κ3) is 3.50. The second-order valence-electron chi connectivity index (χ2n) is 4.74. The predicted octanol–water partition coefficient (Wildman–Crippen LogP) is 2.44. The third-order valence-corrected chi connectivity index (χ3v) is 3.36. The largest absolute Gasteiger partial charge is 0.507 e. The molecular weight excluding hydrogens is 260 g/mol. The minimum atomic E-state index is -0.384. The molecular formula is C15H20O5. The van der Waals surface area contributed by atoms with Gasteiger partial charge in [0.2, 0.25) is 0 Å². The fraction of sp³-hybridized carbons (Fsp3) is 0.467. The van der Waals surface area contributed by atoms with Crippen molar-refractivity contribution in [3.63, 3.8) is 0 Å². The number of esters is 2. The van der Waals surface area contributed by atoms with Gasteiger partial charge in [-0.25, -0.2) is 0 Å². The molecule has 5 nitrogen and oxygen atoms in total. The minimum absolute atomic E-state index is 0.0912. The Morgan fingerprint density at radius 2 is 1.20 bits per heavy atom. The summed E-state index contributed by atoms with van der Waals surface area (Å²) in [5.41, 5.74) is 3.69. The second-order valence-corrected chi connectivity index (χ2v) is 4.74. The van der Waals surface area contributed by atoms with E-state index in [1.54, 1.807) is 13.8 Å². The number of hydrogen-bond donors (Lipinski definition) is 1. The molecule has 0 aliphatic heterocycles. The Bertz CT molecular complexity index is 501. The van der Waals surface area contributed by atoms with Crippen LogP contribution in [0.1, 0.15) is 41.7 Å². The van der Waals surface area contributed by atoms with Gasteiger partial charge in [-0.05, 0) is 48.6 Å². The lowest BCUT2D eigenvalue weighted by Crippen LogP contribution is -2.09. The first-order valence-electron chi connectivity index (χ1n) is 6.32. The van der Waals surface area contributed by atoms with Crippen LogP contribution in [0.5, 0.6) is 5.75 Å². The van der Waals surface area contributed by atoms with E-state index in [0.717, 1.165) is 16.7 Å². The van der Waals surface area contributed by atoms with Crippen molar-refractivity contribution in [1.82, 2.24) is 0 Å². The fourth-order valence-electron chi connectivity index (χ4n) is 2.09. The summed E-state index contributed by atoms with van der Waals surface area (Å²) in [4.78, 5) is 21.9. The maximum Gasteiger partial charge on any atom is 0.302 e. The lowest BCUT2D eigenvalue weighted by molar-refractivity contribution is -0.142. The van der Waals surface area contributed by atoms with Crippen LogP contribution in [0.25, 0.3) is 0 Å². The van der Waals surface area contributed by atoms with Crippen LogP contribution in [0.2, 0.25) is 0 Å². The van der Waals surface area contributed by atoms with Crippen molar-refractivity contribution >= 4 is 11.9 Å². The number of aromatic hydroxyl groups is 1. The highest BCUT2D eigenvalue weighted by Crippen LogP contribution is 2.33. The van der Waals surface area contributed by atoms with Gasteiger partial charge in [0.15, 0.2) is 0 Å². The quantitative estimate of drug-likeness (QED) is 0.858. The molecule has 0 amide bonds. The summed E-state index contributed by atoms with van der Waals surface area (Å²) < 4.78 is 10.0. The Morgan fingerprint density at radius 1 is 0.850 bits per heavy atom. The highest BCUT2D eigenvalue weighted by Gasteiger charge is 2.18. The molecule has 0 unspecified atom stereocenters. The normalized spacial score (nSPS) is 10.2. The Kier molecular flexibility index (Phi) is 5.13. The van der Waals surface area contributed by atoms with E-state index in [-0.39, 0.29) is 30.9 Å². The maximum atomic E-state index is 10.9. The van der Waals surface area contributed by atoms with Crippen molar-refractivity contribution in [2.75, 3.05) is 0 Å². The zero-order valence-corrected chi connectivity index (χ0v) is 12.5. The van der Waals surface area contributed by atoms with Crippen molar-refractivity contribution in [2.45, 2.75) is 47.8 Å². The molecule has 0 aliphatic rings. The van der Waals surface area contributed by atoms with E-state index in [1.807, 2.05) is 6.92 Å². The molecule has 0 radical (unpaired) electrons. The second kappa shape index (κ2) is 6.41.